The molecule has 41 heavy (non-hydrogen) atoms. The minimum Gasteiger partial charge on any atom is -0.497 e. The molecule has 0 spiro atoms. The van der Waals surface area contributed by atoms with E-state index in [2.05, 4.69) is 43.2 Å². The first-order valence-corrected chi connectivity index (χ1v) is 14.9. The number of nitrogens with one attached hydrogen (secondary N) is 2. The largest absolute Gasteiger partial charge is 0.497 e. The van der Waals surface area contributed by atoms with Gasteiger partial charge in [0, 0.05) is 27.6 Å². The molecule has 1 amide bonds. The smallest absolute Gasteiger partial charge is 0.255 e. The fourth-order valence-electron chi connectivity index (χ4n) is 5.71. The molecule has 6 rings (SSSR count). The Balaban J connectivity index is 1.43. The second-order valence-corrected chi connectivity index (χ2v) is 12.8. The van der Waals surface area contributed by atoms with Crippen molar-refractivity contribution in [1.29, 1.82) is 0 Å². The minimum absolute atomic E-state index is 0.107. The Hall–Kier alpha value is -4.10. The maximum atomic E-state index is 13.7. The summed E-state index contributed by atoms with van der Waals surface area (Å²) in [6.45, 7) is 7.26. The van der Waals surface area contributed by atoms with Gasteiger partial charge >= 0.3 is 0 Å². The van der Waals surface area contributed by atoms with E-state index in [0.29, 0.717) is 18.0 Å². The van der Waals surface area contributed by atoms with Gasteiger partial charge in [0.05, 0.1) is 31.2 Å². The lowest BCUT2D eigenvalue weighted by molar-refractivity contribution is 0.0947. The molecule has 3 aromatic heterocycles. The van der Waals surface area contributed by atoms with E-state index in [1.165, 1.54) is 4.88 Å². The van der Waals surface area contributed by atoms with Gasteiger partial charge in [-0.3, -0.25) is 4.79 Å². The van der Waals surface area contributed by atoms with Gasteiger partial charge in [-0.15, -0.1) is 11.3 Å². The van der Waals surface area contributed by atoms with Crippen molar-refractivity contribution >= 4 is 39.4 Å². The number of rotatable bonds is 7. The summed E-state index contributed by atoms with van der Waals surface area (Å²) in [5.41, 5.74) is 6.06. The zero-order valence-corrected chi connectivity index (χ0v) is 24.7. The highest BCUT2D eigenvalue weighted by molar-refractivity contribution is 7.16. The van der Waals surface area contributed by atoms with E-state index in [-0.39, 0.29) is 11.3 Å². The highest BCUT2D eigenvalue weighted by atomic mass is 32.1. The Kier molecular flexibility index (Phi) is 7.30. The van der Waals surface area contributed by atoms with Crippen molar-refractivity contribution < 1.29 is 13.9 Å². The van der Waals surface area contributed by atoms with E-state index in [9.17, 15) is 4.79 Å². The molecule has 7 heteroatoms. The standard InChI is InChI=1S/C34H35N3O3S/c1-34(2,3)22-12-14-25-29(17-22)41-33(30(25)32(38)35-19-24-11-8-16-40-24)36-20-27-26-18-23(39-4)13-15-28(26)37-31(27)21-9-6-5-7-10-21/h5-11,13,15-16,18,20,22,37H,12,14,17,19H2,1-4H3,(H,35,38)/t22-/m0/s1. The minimum atomic E-state index is -0.107. The molecule has 0 saturated heterocycles. The third-order valence-corrected chi connectivity index (χ3v) is 9.28. The van der Waals surface area contributed by atoms with Crippen LogP contribution in [-0.2, 0) is 19.4 Å². The fourth-order valence-corrected chi connectivity index (χ4v) is 6.98. The van der Waals surface area contributed by atoms with Gasteiger partial charge < -0.3 is 19.5 Å². The van der Waals surface area contributed by atoms with E-state index < -0.39 is 0 Å². The number of ether oxygens (including phenoxy) is 1. The molecule has 0 saturated carbocycles. The summed E-state index contributed by atoms with van der Waals surface area (Å²) in [4.78, 5) is 23.6. The molecule has 0 fully saturated rings. The van der Waals surface area contributed by atoms with Gasteiger partial charge in [-0.05, 0) is 72.1 Å². The van der Waals surface area contributed by atoms with Crippen LogP contribution in [0.4, 0.5) is 5.00 Å². The third kappa shape index (κ3) is 5.46. The number of aromatic nitrogens is 1. The van der Waals surface area contributed by atoms with Crippen molar-refractivity contribution in [1.82, 2.24) is 10.3 Å². The van der Waals surface area contributed by atoms with Crippen LogP contribution >= 0.6 is 11.3 Å². The summed E-state index contributed by atoms with van der Waals surface area (Å²) < 4.78 is 11.0. The van der Waals surface area contributed by atoms with Gasteiger partial charge in [0.2, 0.25) is 0 Å². The van der Waals surface area contributed by atoms with Crippen LogP contribution in [0.25, 0.3) is 22.2 Å². The van der Waals surface area contributed by atoms with Crippen LogP contribution in [0.15, 0.2) is 76.3 Å². The van der Waals surface area contributed by atoms with Gasteiger partial charge in [0.25, 0.3) is 5.91 Å². The van der Waals surface area contributed by atoms with Crippen LogP contribution in [0.1, 0.15) is 59.3 Å². The van der Waals surface area contributed by atoms with Crippen molar-refractivity contribution in [3.05, 3.63) is 94.3 Å². The van der Waals surface area contributed by atoms with E-state index in [1.54, 1.807) is 24.7 Å². The van der Waals surface area contributed by atoms with Gasteiger partial charge in [0.1, 0.15) is 16.5 Å². The van der Waals surface area contributed by atoms with E-state index in [0.717, 1.165) is 69.1 Å². The van der Waals surface area contributed by atoms with E-state index in [4.69, 9.17) is 14.1 Å². The molecule has 210 valence electrons. The number of carbonyl (C=O) groups excluding carboxylic acids is 1. The fraction of sp³-hybridized carbons (Fsp3) is 0.294. The van der Waals surface area contributed by atoms with Crippen molar-refractivity contribution in [2.75, 3.05) is 7.11 Å². The molecular weight excluding hydrogens is 530 g/mol. The van der Waals surface area contributed by atoms with Crippen molar-refractivity contribution in [2.24, 2.45) is 16.3 Å². The predicted octanol–water partition coefficient (Wildman–Crippen LogP) is 8.33. The normalized spacial score (nSPS) is 15.4. The number of benzene rings is 2. The first-order chi connectivity index (χ1) is 19.8. The maximum absolute atomic E-state index is 13.7. The molecule has 0 unspecified atom stereocenters. The number of hydrogen-bond donors (Lipinski definition) is 2. The SMILES string of the molecule is COc1ccc2[nH]c(-c3ccccc3)c(C=Nc3sc4c(c3C(=O)NCc3ccco3)CC[C@H](C(C)(C)C)C4)c2c1. The van der Waals surface area contributed by atoms with Gasteiger partial charge in [-0.25, -0.2) is 4.99 Å². The lowest BCUT2D eigenvalue weighted by Gasteiger charge is -2.33. The first-order valence-electron chi connectivity index (χ1n) is 14.1. The molecule has 0 radical (unpaired) electrons. The highest BCUT2D eigenvalue weighted by Crippen LogP contribution is 2.45. The summed E-state index contributed by atoms with van der Waals surface area (Å²) in [5, 5.41) is 4.84. The van der Waals surface area contributed by atoms with Crippen LogP contribution in [0.3, 0.4) is 0 Å². The van der Waals surface area contributed by atoms with E-state index >= 15 is 0 Å². The number of thiophene rings is 1. The zero-order valence-electron chi connectivity index (χ0n) is 23.9. The quantitative estimate of drug-likeness (QED) is 0.195. The molecule has 3 heterocycles. The Morgan fingerprint density at radius 1 is 1.17 bits per heavy atom. The number of nitrogens with zero attached hydrogens (tertiary/aromatic N) is 1. The van der Waals surface area contributed by atoms with Crippen LogP contribution in [0.2, 0.25) is 0 Å². The number of H-pyrrole nitrogens is 1. The second kappa shape index (κ2) is 11.1. The topological polar surface area (TPSA) is 79.6 Å². The van der Waals surface area contributed by atoms with Crippen molar-refractivity contribution in [3.8, 4) is 17.0 Å². The monoisotopic (exact) mass is 565 g/mol. The number of hydrogen-bond acceptors (Lipinski definition) is 5. The zero-order chi connectivity index (χ0) is 28.6. The molecule has 1 aliphatic carbocycles. The van der Waals surface area contributed by atoms with E-state index in [1.807, 2.05) is 54.7 Å². The van der Waals surface area contributed by atoms with Crippen LogP contribution < -0.4 is 10.1 Å². The summed E-state index contributed by atoms with van der Waals surface area (Å²) in [6, 6.07) is 20.0. The molecule has 5 aromatic rings. The molecule has 2 N–H and O–H groups in total. The molecule has 2 aromatic carbocycles. The third-order valence-electron chi connectivity index (χ3n) is 8.12. The molecular formula is C34H35N3O3S. The van der Waals surface area contributed by atoms with Crippen molar-refractivity contribution in [2.45, 2.75) is 46.6 Å². The molecule has 0 bridgehead atoms. The molecule has 0 aliphatic heterocycles. The van der Waals surface area contributed by atoms with Gasteiger partial charge in [-0.2, -0.15) is 0 Å². The lowest BCUT2D eigenvalue weighted by Crippen LogP contribution is -2.28. The number of aromatic amines is 1. The number of amides is 1. The average molecular weight is 566 g/mol. The number of fused-ring (bicyclic) bond motifs is 2. The maximum Gasteiger partial charge on any atom is 0.255 e. The second-order valence-electron chi connectivity index (χ2n) is 11.7. The predicted molar refractivity (Wildman–Crippen MR) is 167 cm³/mol. The lowest BCUT2D eigenvalue weighted by atomic mass is 9.72. The van der Waals surface area contributed by atoms with Crippen LogP contribution in [0, 0.1) is 11.3 Å². The van der Waals surface area contributed by atoms with Gasteiger partial charge in [0.15, 0.2) is 0 Å². The van der Waals surface area contributed by atoms with Crippen molar-refractivity contribution in [3.63, 3.8) is 0 Å². The first kappa shape index (κ1) is 27.1. The number of aliphatic imine (C=N–C) groups is 1. The van der Waals surface area contributed by atoms with Gasteiger partial charge in [-0.1, -0.05) is 51.1 Å². The van der Waals surface area contributed by atoms with Crippen LogP contribution in [0.5, 0.6) is 5.75 Å². The van der Waals surface area contributed by atoms with Crippen LogP contribution in [-0.4, -0.2) is 24.2 Å². The Morgan fingerprint density at radius 2 is 2.00 bits per heavy atom. The Morgan fingerprint density at radius 3 is 2.73 bits per heavy atom. The summed E-state index contributed by atoms with van der Waals surface area (Å²) in [6.07, 6.45) is 6.44. The number of methoxy groups -OCH3 is 1. The molecule has 1 aliphatic rings. The molecule has 6 nitrogen and oxygen atoms in total. The summed E-state index contributed by atoms with van der Waals surface area (Å²) >= 11 is 1.65. The number of furan rings is 1. The number of carbonyl (C=O) groups is 1. The summed E-state index contributed by atoms with van der Waals surface area (Å²) in [7, 11) is 1.67. The molecule has 1 atom stereocenters. The average Bonchev–Trinajstić information content (AvgIpc) is 3.71. The Labute approximate surface area is 244 Å². The summed E-state index contributed by atoms with van der Waals surface area (Å²) in [5.74, 6) is 1.96. The Bertz CT molecular complexity index is 1710. The highest BCUT2D eigenvalue weighted by Gasteiger charge is 2.33.